The number of carbonyl (C=O) groups is 2. The molecule has 1 heterocycles. The second-order valence-electron chi connectivity index (χ2n) is 6.76. The van der Waals surface area contributed by atoms with Gasteiger partial charge in [-0.05, 0) is 43.4 Å². The molecule has 1 aliphatic heterocycles. The Balaban J connectivity index is 0.000000232. The van der Waals surface area contributed by atoms with Gasteiger partial charge in [-0.15, -0.1) is 0 Å². The molecule has 3 fully saturated rings. The number of piperidine rings is 1. The topological polar surface area (TPSA) is 102 Å². The highest BCUT2D eigenvalue weighted by Gasteiger charge is 2.57. The number of aliphatic carboxylic acids is 2. The van der Waals surface area contributed by atoms with Crippen LogP contribution in [0.3, 0.4) is 0 Å². The number of carboxylic acid groups (broad SMARTS) is 2. The zero-order chi connectivity index (χ0) is 15.6. The lowest BCUT2D eigenvalue weighted by atomic mass is 9.74. The molecule has 0 aromatic rings. The third-order valence-corrected chi connectivity index (χ3v) is 5.13. The van der Waals surface area contributed by atoms with Gasteiger partial charge >= 0.3 is 5.97 Å². The smallest absolute Gasteiger partial charge is 0.351 e. The van der Waals surface area contributed by atoms with Gasteiger partial charge in [-0.3, -0.25) is 0 Å². The molecule has 21 heavy (non-hydrogen) atoms. The second-order valence-corrected chi connectivity index (χ2v) is 6.76. The van der Waals surface area contributed by atoms with Crippen LogP contribution in [-0.4, -0.2) is 47.9 Å². The van der Waals surface area contributed by atoms with E-state index in [4.69, 9.17) is 19.8 Å². The number of carbonyl (C=O) groups excluding carboxylic acids is 1. The van der Waals surface area contributed by atoms with Gasteiger partial charge in [-0.25, -0.2) is 4.79 Å². The summed E-state index contributed by atoms with van der Waals surface area (Å²) in [6.07, 6.45) is 7.71. The summed E-state index contributed by atoms with van der Waals surface area (Å²) in [5, 5.41) is 27.3. The lowest BCUT2D eigenvalue weighted by Crippen LogP contribution is -3.10. The third-order valence-electron chi connectivity index (χ3n) is 5.13. The lowest BCUT2D eigenvalue weighted by molar-refractivity contribution is -0.886. The van der Waals surface area contributed by atoms with Gasteiger partial charge in [0.1, 0.15) is 0 Å². The molecule has 2 saturated carbocycles. The third kappa shape index (κ3) is 3.95. The van der Waals surface area contributed by atoms with Gasteiger partial charge in [0.15, 0.2) is 5.97 Å². The fraction of sp³-hybridized carbons (Fsp3) is 0.867. The molecule has 1 saturated heterocycles. The van der Waals surface area contributed by atoms with E-state index in [1.807, 2.05) is 0 Å². The maximum absolute atomic E-state index is 11.0. The van der Waals surface area contributed by atoms with Crippen LogP contribution in [0.25, 0.3) is 0 Å². The molecule has 0 amide bonds. The average Bonchev–Trinajstić information content (AvgIpc) is 3.31. The molecule has 2 aliphatic carbocycles. The fourth-order valence-electron chi connectivity index (χ4n) is 3.66. The summed E-state index contributed by atoms with van der Waals surface area (Å²) >= 11 is 0. The van der Waals surface area contributed by atoms with E-state index in [1.165, 1.54) is 51.6 Å². The van der Waals surface area contributed by atoms with Crippen molar-refractivity contribution in [2.24, 2.45) is 17.8 Å². The Morgan fingerprint density at radius 2 is 1.33 bits per heavy atom. The Morgan fingerprint density at radius 1 is 1.00 bits per heavy atom. The highest BCUT2D eigenvalue weighted by molar-refractivity contribution is 6.26. The molecule has 3 aliphatic rings. The first-order valence-electron chi connectivity index (χ1n) is 7.83. The van der Waals surface area contributed by atoms with Crippen molar-refractivity contribution < 1.29 is 29.8 Å². The number of rotatable bonds is 3. The van der Waals surface area contributed by atoms with Crippen molar-refractivity contribution in [2.75, 3.05) is 20.1 Å². The minimum absolute atomic E-state index is 0.235. The van der Waals surface area contributed by atoms with Crippen LogP contribution in [0.2, 0.25) is 0 Å². The Hall–Kier alpha value is -1.14. The molecule has 0 bridgehead atoms. The monoisotopic (exact) mass is 299 g/mol. The SMILES string of the molecule is C[NH+]1CCC(C(O)(C2CC2)C2CC2)CC1.O=C([O-])C(=O)O. The van der Waals surface area contributed by atoms with Crippen molar-refractivity contribution in [3.63, 3.8) is 0 Å². The first-order chi connectivity index (χ1) is 9.85. The van der Waals surface area contributed by atoms with Crippen LogP contribution in [0.5, 0.6) is 0 Å². The van der Waals surface area contributed by atoms with Gasteiger partial charge in [-0.1, -0.05) is 0 Å². The number of hydrogen-bond acceptors (Lipinski definition) is 4. The van der Waals surface area contributed by atoms with Crippen molar-refractivity contribution in [3.05, 3.63) is 0 Å². The minimum Gasteiger partial charge on any atom is -0.539 e. The van der Waals surface area contributed by atoms with Gasteiger partial charge < -0.3 is 25.0 Å². The van der Waals surface area contributed by atoms with E-state index in [-0.39, 0.29) is 5.60 Å². The van der Waals surface area contributed by atoms with Crippen LogP contribution in [0.1, 0.15) is 38.5 Å². The number of likely N-dealkylation sites (tertiary alicyclic amines) is 1. The van der Waals surface area contributed by atoms with E-state index < -0.39 is 11.9 Å². The van der Waals surface area contributed by atoms with Crippen LogP contribution in [0, 0.1) is 17.8 Å². The van der Waals surface area contributed by atoms with E-state index in [0.29, 0.717) is 17.8 Å². The molecule has 6 heteroatoms. The van der Waals surface area contributed by atoms with Gasteiger partial charge in [0.2, 0.25) is 0 Å². The van der Waals surface area contributed by atoms with Gasteiger partial charge in [0.05, 0.1) is 25.7 Å². The predicted octanol–water partition coefficient (Wildman–Crippen LogP) is -1.72. The summed E-state index contributed by atoms with van der Waals surface area (Å²) < 4.78 is 0. The summed E-state index contributed by atoms with van der Waals surface area (Å²) in [7, 11) is 2.28. The maximum Gasteiger partial charge on any atom is 0.351 e. The predicted molar refractivity (Wildman–Crippen MR) is 72.4 cm³/mol. The fourth-order valence-corrected chi connectivity index (χ4v) is 3.66. The second kappa shape index (κ2) is 6.32. The van der Waals surface area contributed by atoms with Crippen molar-refractivity contribution in [1.82, 2.24) is 0 Å². The van der Waals surface area contributed by atoms with Gasteiger partial charge in [0.25, 0.3) is 0 Å². The molecule has 120 valence electrons. The molecule has 0 unspecified atom stereocenters. The molecule has 3 rings (SSSR count). The Kier molecular flexibility index (Phi) is 4.88. The van der Waals surface area contributed by atoms with E-state index >= 15 is 0 Å². The highest BCUT2D eigenvalue weighted by atomic mass is 16.4. The van der Waals surface area contributed by atoms with E-state index in [1.54, 1.807) is 4.90 Å². The summed E-state index contributed by atoms with van der Waals surface area (Å²) in [4.78, 5) is 19.7. The zero-order valence-electron chi connectivity index (χ0n) is 12.5. The highest BCUT2D eigenvalue weighted by Crippen LogP contribution is 2.56. The number of hydrogen-bond donors (Lipinski definition) is 3. The summed E-state index contributed by atoms with van der Waals surface area (Å²) in [6, 6.07) is 0. The molecule has 6 nitrogen and oxygen atoms in total. The van der Waals surface area contributed by atoms with Crippen LogP contribution < -0.4 is 10.0 Å². The number of nitrogens with one attached hydrogen (secondary N) is 1. The molecular formula is C15H25NO5. The van der Waals surface area contributed by atoms with Crippen LogP contribution in [0.15, 0.2) is 0 Å². The average molecular weight is 299 g/mol. The minimum atomic E-state index is -2.07. The van der Waals surface area contributed by atoms with E-state index in [9.17, 15) is 5.11 Å². The van der Waals surface area contributed by atoms with Crippen molar-refractivity contribution >= 4 is 11.9 Å². The van der Waals surface area contributed by atoms with Gasteiger partial charge in [-0.2, -0.15) is 0 Å². The lowest BCUT2D eigenvalue weighted by Gasteiger charge is -2.40. The molecule has 0 aromatic carbocycles. The normalized spacial score (nSPS) is 29.2. The molecule has 0 radical (unpaired) electrons. The Labute approximate surface area is 124 Å². The molecule has 0 spiro atoms. The Morgan fingerprint density at radius 3 is 1.62 bits per heavy atom. The van der Waals surface area contributed by atoms with Crippen LogP contribution in [-0.2, 0) is 9.59 Å². The molecule has 0 atom stereocenters. The molecule has 3 N–H and O–H groups in total. The van der Waals surface area contributed by atoms with Crippen LogP contribution >= 0.6 is 0 Å². The zero-order valence-corrected chi connectivity index (χ0v) is 12.5. The summed E-state index contributed by atoms with van der Waals surface area (Å²) in [5.41, 5.74) is -0.235. The largest absolute Gasteiger partial charge is 0.539 e. The first kappa shape index (κ1) is 16.2. The van der Waals surface area contributed by atoms with E-state index in [0.717, 1.165) is 0 Å². The standard InChI is InChI=1S/C13H23NO.C2H2O4/c1-14-8-6-12(7-9-14)13(15,10-2-3-10)11-4-5-11;3-1(4)2(5)6/h10-12,15H,2-9H2,1H3;(H,3,4)(H,5,6). The maximum atomic E-state index is 11.0. The molecule has 0 aromatic heterocycles. The van der Waals surface area contributed by atoms with E-state index in [2.05, 4.69) is 7.05 Å². The van der Waals surface area contributed by atoms with Crippen molar-refractivity contribution in [1.29, 1.82) is 0 Å². The van der Waals surface area contributed by atoms with Crippen LogP contribution in [0.4, 0.5) is 0 Å². The number of quaternary nitrogens is 1. The summed E-state index contributed by atoms with van der Waals surface area (Å²) in [5.74, 6) is -2.03. The number of aliphatic hydroxyl groups is 1. The first-order valence-corrected chi connectivity index (χ1v) is 7.83. The molecular weight excluding hydrogens is 274 g/mol. The quantitative estimate of drug-likeness (QED) is 0.538. The Bertz CT molecular complexity index is 371. The van der Waals surface area contributed by atoms with Crippen molar-refractivity contribution in [3.8, 4) is 0 Å². The van der Waals surface area contributed by atoms with Crippen molar-refractivity contribution in [2.45, 2.75) is 44.1 Å². The van der Waals surface area contributed by atoms with Gasteiger partial charge in [0, 0.05) is 12.8 Å². The summed E-state index contributed by atoms with van der Waals surface area (Å²) in [6.45, 7) is 2.54. The number of carboxylic acids is 2.